The second-order valence-corrected chi connectivity index (χ2v) is 4.40. The van der Waals surface area contributed by atoms with Gasteiger partial charge in [0.15, 0.2) is 0 Å². The summed E-state index contributed by atoms with van der Waals surface area (Å²) in [6.45, 7) is 1.82. The molecule has 1 saturated carbocycles. The zero-order valence-electron chi connectivity index (χ0n) is 9.45. The first-order chi connectivity index (χ1) is 7.02. The Morgan fingerprint density at radius 2 is 1.87 bits per heavy atom. The molecule has 1 rings (SSSR count). The van der Waals surface area contributed by atoms with Gasteiger partial charge in [-0.2, -0.15) is 0 Å². The van der Waals surface area contributed by atoms with Gasteiger partial charge in [-0.1, -0.05) is 19.8 Å². The van der Waals surface area contributed by atoms with Gasteiger partial charge in [-0.25, -0.2) is 0 Å². The summed E-state index contributed by atoms with van der Waals surface area (Å²) in [5.74, 6) is -0.944. The van der Waals surface area contributed by atoms with Gasteiger partial charge in [0, 0.05) is 12.5 Å². The van der Waals surface area contributed by atoms with E-state index in [2.05, 4.69) is 0 Å². The number of amides is 1. The normalized spacial score (nSPS) is 18.8. The van der Waals surface area contributed by atoms with Crippen LogP contribution >= 0.6 is 0 Å². The Hall–Kier alpha value is -1.06. The maximum atomic E-state index is 12.1. The minimum absolute atomic E-state index is 0.00454. The van der Waals surface area contributed by atoms with Gasteiger partial charge in [0.05, 0.1) is 0 Å². The molecular formula is C11H19NO3. The number of hydrogen-bond donors (Lipinski definition) is 1. The summed E-state index contributed by atoms with van der Waals surface area (Å²) < 4.78 is 0. The highest BCUT2D eigenvalue weighted by Crippen LogP contribution is 2.42. The maximum absolute atomic E-state index is 12.1. The topological polar surface area (TPSA) is 57.6 Å². The highest BCUT2D eigenvalue weighted by molar-refractivity contribution is 5.85. The molecule has 86 valence electrons. The summed E-state index contributed by atoms with van der Waals surface area (Å²) in [5, 5.41) is 8.64. The van der Waals surface area contributed by atoms with Crippen LogP contribution in [-0.2, 0) is 9.59 Å². The van der Waals surface area contributed by atoms with E-state index in [0.717, 1.165) is 32.1 Å². The first kappa shape index (κ1) is 12.0. The van der Waals surface area contributed by atoms with Crippen molar-refractivity contribution in [3.63, 3.8) is 0 Å². The largest absolute Gasteiger partial charge is 0.480 e. The molecule has 0 unspecified atom stereocenters. The number of rotatable bonds is 4. The first-order valence-electron chi connectivity index (χ1n) is 5.49. The summed E-state index contributed by atoms with van der Waals surface area (Å²) in [5.41, 5.74) is -0.274. The Morgan fingerprint density at radius 1 is 1.33 bits per heavy atom. The fourth-order valence-corrected chi connectivity index (χ4v) is 2.45. The first-order valence-corrected chi connectivity index (χ1v) is 5.49. The Labute approximate surface area is 90.3 Å². The summed E-state index contributed by atoms with van der Waals surface area (Å²) in [4.78, 5) is 24.0. The van der Waals surface area contributed by atoms with Crippen LogP contribution in [0, 0.1) is 5.41 Å². The fourth-order valence-electron chi connectivity index (χ4n) is 2.45. The summed E-state index contributed by atoms with van der Waals surface area (Å²) in [6, 6.07) is 0. The molecule has 1 aliphatic rings. The molecule has 0 atom stereocenters. The van der Waals surface area contributed by atoms with Gasteiger partial charge in [-0.15, -0.1) is 0 Å². The number of likely N-dealkylation sites (N-methyl/N-ethyl adjacent to an activating group) is 1. The molecule has 0 radical (unpaired) electrons. The third-order valence-electron chi connectivity index (χ3n) is 3.41. The molecule has 0 heterocycles. The van der Waals surface area contributed by atoms with Crippen molar-refractivity contribution in [1.29, 1.82) is 0 Å². The van der Waals surface area contributed by atoms with Crippen molar-refractivity contribution in [2.24, 2.45) is 5.41 Å². The Balaban J connectivity index is 2.68. The predicted octanol–water partition coefficient (Wildman–Crippen LogP) is 1.50. The average molecular weight is 213 g/mol. The van der Waals surface area contributed by atoms with Crippen LogP contribution in [0.2, 0.25) is 0 Å². The summed E-state index contributed by atoms with van der Waals surface area (Å²) in [6.07, 6.45) is 4.80. The zero-order valence-corrected chi connectivity index (χ0v) is 9.45. The molecular weight excluding hydrogens is 194 g/mol. The molecule has 0 aromatic carbocycles. The number of nitrogens with zero attached hydrogens (tertiary/aromatic N) is 1. The highest BCUT2D eigenvalue weighted by atomic mass is 16.4. The van der Waals surface area contributed by atoms with E-state index in [0.29, 0.717) is 0 Å². The minimum atomic E-state index is -0.949. The van der Waals surface area contributed by atoms with Gasteiger partial charge >= 0.3 is 5.97 Å². The molecule has 1 N–H and O–H groups in total. The molecule has 15 heavy (non-hydrogen) atoms. The van der Waals surface area contributed by atoms with Crippen molar-refractivity contribution in [3.8, 4) is 0 Å². The number of aliphatic carboxylic acids is 1. The smallest absolute Gasteiger partial charge is 0.323 e. The van der Waals surface area contributed by atoms with Crippen molar-refractivity contribution >= 4 is 11.9 Å². The van der Waals surface area contributed by atoms with E-state index in [-0.39, 0.29) is 17.9 Å². The lowest BCUT2D eigenvalue weighted by Crippen LogP contribution is -2.42. The van der Waals surface area contributed by atoms with Crippen LogP contribution in [0.15, 0.2) is 0 Å². The van der Waals surface area contributed by atoms with Crippen molar-refractivity contribution in [1.82, 2.24) is 4.90 Å². The quantitative estimate of drug-likeness (QED) is 0.770. The maximum Gasteiger partial charge on any atom is 0.323 e. The number of carbonyl (C=O) groups is 2. The van der Waals surface area contributed by atoms with Crippen LogP contribution in [0.5, 0.6) is 0 Å². The van der Waals surface area contributed by atoms with E-state index in [1.54, 1.807) is 7.05 Å². The van der Waals surface area contributed by atoms with E-state index in [9.17, 15) is 9.59 Å². The number of carboxylic acids is 1. The van der Waals surface area contributed by atoms with Crippen molar-refractivity contribution in [2.75, 3.05) is 13.6 Å². The predicted molar refractivity (Wildman–Crippen MR) is 56.5 cm³/mol. The van der Waals surface area contributed by atoms with Gasteiger partial charge in [-0.05, 0) is 19.3 Å². The molecule has 1 fully saturated rings. The third-order valence-corrected chi connectivity index (χ3v) is 3.41. The van der Waals surface area contributed by atoms with Crippen LogP contribution in [0.3, 0.4) is 0 Å². The molecule has 1 aliphatic carbocycles. The standard InChI is InChI=1S/C11H19NO3/c1-3-11(6-4-5-7-11)10(15)12(2)8-9(13)14/h3-8H2,1-2H3,(H,13,14). The summed E-state index contributed by atoms with van der Waals surface area (Å²) in [7, 11) is 1.58. The third kappa shape index (κ3) is 2.49. The summed E-state index contributed by atoms with van der Waals surface area (Å²) >= 11 is 0. The van der Waals surface area contributed by atoms with Gasteiger partial charge in [0.1, 0.15) is 6.54 Å². The van der Waals surface area contributed by atoms with Crippen LogP contribution in [0.25, 0.3) is 0 Å². The number of carboxylic acid groups (broad SMARTS) is 1. The van der Waals surface area contributed by atoms with E-state index < -0.39 is 5.97 Å². The lowest BCUT2D eigenvalue weighted by atomic mass is 9.82. The van der Waals surface area contributed by atoms with Crippen molar-refractivity contribution in [3.05, 3.63) is 0 Å². The average Bonchev–Trinajstić information content (AvgIpc) is 2.65. The Morgan fingerprint density at radius 3 is 2.27 bits per heavy atom. The number of carbonyl (C=O) groups excluding carboxylic acids is 1. The van der Waals surface area contributed by atoms with Crippen molar-refractivity contribution in [2.45, 2.75) is 39.0 Å². The molecule has 0 spiro atoms. The molecule has 0 bridgehead atoms. The molecule has 0 aromatic rings. The monoisotopic (exact) mass is 213 g/mol. The van der Waals surface area contributed by atoms with Crippen molar-refractivity contribution < 1.29 is 14.7 Å². The Bertz CT molecular complexity index is 257. The van der Waals surface area contributed by atoms with Gasteiger partial charge in [0.2, 0.25) is 5.91 Å². The van der Waals surface area contributed by atoms with Crippen LogP contribution in [-0.4, -0.2) is 35.5 Å². The van der Waals surface area contributed by atoms with Crippen LogP contribution in [0.1, 0.15) is 39.0 Å². The number of hydrogen-bond acceptors (Lipinski definition) is 2. The van der Waals surface area contributed by atoms with Crippen LogP contribution in [0.4, 0.5) is 0 Å². The van der Waals surface area contributed by atoms with E-state index >= 15 is 0 Å². The SMILES string of the molecule is CCC1(C(=O)N(C)CC(=O)O)CCCC1. The lowest BCUT2D eigenvalue weighted by Gasteiger charge is -2.30. The van der Waals surface area contributed by atoms with Crippen LogP contribution < -0.4 is 0 Å². The molecule has 0 aliphatic heterocycles. The Kier molecular flexibility index (Phi) is 3.72. The van der Waals surface area contributed by atoms with Gasteiger partial charge < -0.3 is 10.0 Å². The molecule has 4 heteroatoms. The second-order valence-electron chi connectivity index (χ2n) is 4.40. The van der Waals surface area contributed by atoms with Gasteiger partial charge in [0.25, 0.3) is 0 Å². The van der Waals surface area contributed by atoms with E-state index in [4.69, 9.17) is 5.11 Å². The fraction of sp³-hybridized carbons (Fsp3) is 0.818. The second kappa shape index (κ2) is 4.64. The molecule has 4 nitrogen and oxygen atoms in total. The highest BCUT2D eigenvalue weighted by Gasteiger charge is 2.41. The zero-order chi connectivity index (χ0) is 11.5. The van der Waals surface area contributed by atoms with Gasteiger partial charge in [-0.3, -0.25) is 9.59 Å². The van der Waals surface area contributed by atoms with E-state index in [1.165, 1.54) is 4.90 Å². The molecule has 0 saturated heterocycles. The molecule has 0 aromatic heterocycles. The lowest BCUT2D eigenvalue weighted by molar-refractivity contribution is -0.148. The van der Waals surface area contributed by atoms with E-state index in [1.807, 2.05) is 6.92 Å². The minimum Gasteiger partial charge on any atom is -0.480 e. The molecule has 1 amide bonds.